The lowest BCUT2D eigenvalue weighted by atomic mass is 9.73. The molecule has 1 unspecified atom stereocenters. The van der Waals surface area contributed by atoms with Gasteiger partial charge < -0.3 is 9.90 Å². The molecule has 1 N–H and O–H groups in total. The molecular weight excluding hydrogens is 248 g/mol. The maximum absolute atomic E-state index is 11.1. The molecule has 0 bridgehead atoms. The quantitative estimate of drug-likeness (QED) is 0.612. The van der Waals surface area contributed by atoms with Crippen LogP contribution in [0.2, 0.25) is 0 Å². The van der Waals surface area contributed by atoms with Gasteiger partial charge in [0.2, 0.25) is 0 Å². The van der Waals surface area contributed by atoms with Gasteiger partial charge in [0.15, 0.2) is 0 Å². The predicted octanol–water partition coefficient (Wildman–Crippen LogP) is 4.88. The van der Waals surface area contributed by atoms with Crippen molar-refractivity contribution in [3.8, 4) is 0 Å². The molecule has 1 rings (SSSR count). The number of hydrogen-bond donors (Lipinski definition) is 1. The lowest BCUT2D eigenvalue weighted by molar-refractivity contribution is -0.117. The lowest BCUT2D eigenvalue weighted by Crippen LogP contribution is -2.22. The molecule has 1 saturated carbocycles. The average Bonchev–Trinajstić information content (AvgIpc) is 2.65. The SMILES string of the molecule is CC(=O)CCC[C@@]1(C)CCCC1CCCCC(C)(C)O. The second-order valence-electron chi connectivity index (χ2n) is 7.86. The first-order valence-corrected chi connectivity index (χ1v) is 8.45. The fraction of sp³-hybridized carbons (Fsp3) is 0.944. The summed E-state index contributed by atoms with van der Waals surface area (Å²) < 4.78 is 0. The topological polar surface area (TPSA) is 37.3 Å². The number of rotatable bonds is 9. The molecule has 0 amide bonds. The van der Waals surface area contributed by atoms with Crippen molar-refractivity contribution in [3.05, 3.63) is 0 Å². The molecule has 1 fully saturated rings. The van der Waals surface area contributed by atoms with E-state index < -0.39 is 5.60 Å². The van der Waals surface area contributed by atoms with Crippen molar-refractivity contribution in [2.24, 2.45) is 11.3 Å². The van der Waals surface area contributed by atoms with Gasteiger partial charge in [0.1, 0.15) is 5.78 Å². The molecule has 2 atom stereocenters. The van der Waals surface area contributed by atoms with Crippen molar-refractivity contribution in [1.29, 1.82) is 0 Å². The highest BCUT2D eigenvalue weighted by Crippen LogP contribution is 2.48. The van der Waals surface area contributed by atoms with Crippen molar-refractivity contribution >= 4 is 5.78 Å². The van der Waals surface area contributed by atoms with Gasteiger partial charge in [-0.15, -0.1) is 0 Å². The van der Waals surface area contributed by atoms with E-state index in [1.807, 2.05) is 13.8 Å². The second kappa shape index (κ2) is 7.59. The minimum absolute atomic E-state index is 0.327. The van der Waals surface area contributed by atoms with Crippen LogP contribution in [0.4, 0.5) is 0 Å². The number of carbonyl (C=O) groups is 1. The fourth-order valence-corrected chi connectivity index (χ4v) is 3.82. The number of hydrogen-bond acceptors (Lipinski definition) is 2. The molecule has 0 spiro atoms. The molecule has 0 radical (unpaired) electrons. The van der Waals surface area contributed by atoms with E-state index in [4.69, 9.17) is 0 Å². The van der Waals surface area contributed by atoms with Gasteiger partial charge in [-0.2, -0.15) is 0 Å². The predicted molar refractivity (Wildman–Crippen MR) is 84.7 cm³/mol. The Morgan fingerprint density at radius 1 is 1.30 bits per heavy atom. The van der Waals surface area contributed by atoms with Gasteiger partial charge in [-0.3, -0.25) is 0 Å². The van der Waals surface area contributed by atoms with Gasteiger partial charge in [0.25, 0.3) is 0 Å². The van der Waals surface area contributed by atoms with Crippen molar-refractivity contribution < 1.29 is 9.90 Å². The smallest absolute Gasteiger partial charge is 0.129 e. The van der Waals surface area contributed by atoms with E-state index in [9.17, 15) is 9.90 Å². The Morgan fingerprint density at radius 3 is 2.60 bits per heavy atom. The molecule has 0 aromatic rings. The highest BCUT2D eigenvalue weighted by Gasteiger charge is 2.37. The molecule has 118 valence electrons. The summed E-state index contributed by atoms with van der Waals surface area (Å²) in [6, 6.07) is 0. The summed E-state index contributed by atoms with van der Waals surface area (Å²) in [5, 5.41) is 9.75. The van der Waals surface area contributed by atoms with Gasteiger partial charge >= 0.3 is 0 Å². The van der Waals surface area contributed by atoms with E-state index in [0.717, 1.165) is 31.6 Å². The summed E-state index contributed by atoms with van der Waals surface area (Å²) in [6.07, 6.45) is 11.6. The zero-order chi connectivity index (χ0) is 15.2. The van der Waals surface area contributed by atoms with Crippen molar-refractivity contribution in [2.75, 3.05) is 0 Å². The molecule has 0 saturated heterocycles. The minimum Gasteiger partial charge on any atom is -0.390 e. The average molecular weight is 282 g/mol. The summed E-state index contributed by atoms with van der Waals surface area (Å²) >= 11 is 0. The van der Waals surface area contributed by atoms with Crippen LogP contribution in [0.25, 0.3) is 0 Å². The van der Waals surface area contributed by atoms with Gasteiger partial charge in [0, 0.05) is 6.42 Å². The fourth-order valence-electron chi connectivity index (χ4n) is 3.82. The van der Waals surface area contributed by atoms with E-state index >= 15 is 0 Å². The summed E-state index contributed by atoms with van der Waals surface area (Å²) in [7, 11) is 0. The van der Waals surface area contributed by atoms with E-state index in [2.05, 4.69) is 6.92 Å². The maximum atomic E-state index is 11.1. The molecule has 2 nitrogen and oxygen atoms in total. The van der Waals surface area contributed by atoms with Gasteiger partial charge in [-0.05, 0) is 70.6 Å². The summed E-state index contributed by atoms with van der Waals surface area (Å²) in [5.41, 5.74) is -0.0509. The number of Topliss-reactive ketones (excluding diaryl/α,β-unsaturated/α-hetero) is 1. The van der Waals surface area contributed by atoms with Crippen LogP contribution in [-0.2, 0) is 4.79 Å². The molecule has 2 heteroatoms. The van der Waals surface area contributed by atoms with Crippen LogP contribution < -0.4 is 0 Å². The Labute approximate surface area is 125 Å². The number of carbonyl (C=O) groups excluding carboxylic acids is 1. The van der Waals surface area contributed by atoms with Crippen LogP contribution in [0, 0.1) is 11.3 Å². The van der Waals surface area contributed by atoms with E-state index in [1.165, 1.54) is 38.5 Å². The van der Waals surface area contributed by atoms with Gasteiger partial charge in [0.05, 0.1) is 5.60 Å². The van der Waals surface area contributed by atoms with Crippen LogP contribution in [0.5, 0.6) is 0 Å². The Balaban J connectivity index is 2.30. The largest absolute Gasteiger partial charge is 0.390 e. The Kier molecular flexibility index (Phi) is 6.71. The third-order valence-electron chi connectivity index (χ3n) is 5.15. The number of aliphatic hydroxyl groups is 1. The number of ketones is 1. The van der Waals surface area contributed by atoms with Gasteiger partial charge in [-0.1, -0.05) is 26.2 Å². The molecule has 1 aliphatic rings. The van der Waals surface area contributed by atoms with Crippen LogP contribution in [0.3, 0.4) is 0 Å². The third kappa shape index (κ3) is 6.39. The summed E-state index contributed by atoms with van der Waals surface area (Å²) in [5.74, 6) is 1.16. The minimum atomic E-state index is -0.513. The molecule has 20 heavy (non-hydrogen) atoms. The summed E-state index contributed by atoms with van der Waals surface area (Å²) in [6.45, 7) is 7.93. The van der Waals surface area contributed by atoms with E-state index in [0.29, 0.717) is 11.2 Å². The molecule has 0 heterocycles. The van der Waals surface area contributed by atoms with E-state index in [1.54, 1.807) is 6.92 Å². The van der Waals surface area contributed by atoms with Crippen LogP contribution in [0.1, 0.15) is 91.9 Å². The van der Waals surface area contributed by atoms with Crippen LogP contribution in [-0.4, -0.2) is 16.5 Å². The molecule has 0 aromatic heterocycles. The van der Waals surface area contributed by atoms with Crippen molar-refractivity contribution in [2.45, 2.75) is 97.5 Å². The highest BCUT2D eigenvalue weighted by molar-refractivity contribution is 5.75. The first-order valence-electron chi connectivity index (χ1n) is 8.45. The molecular formula is C18H34O2. The summed E-state index contributed by atoms with van der Waals surface area (Å²) in [4.78, 5) is 11.1. The highest BCUT2D eigenvalue weighted by atomic mass is 16.3. The maximum Gasteiger partial charge on any atom is 0.129 e. The standard InChI is InChI=1S/C18H34O2/c1-15(19)9-7-13-18(4)14-8-11-16(18)10-5-6-12-17(2,3)20/h16,20H,5-14H2,1-4H3/t16?,18-/m0/s1. The number of unbranched alkanes of at least 4 members (excludes halogenated alkanes) is 1. The second-order valence-corrected chi connectivity index (χ2v) is 7.86. The van der Waals surface area contributed by atoms with Gasteiger partial charge in [-0.25, -0.2) is 0 Å². The zero-order valence-corrected chi connectivity index (χ0v) is 14.0. The third-order valence-corrected chi connectivity index (χ3v) is 5.15. The lowest BCUT2D eigenvalue weighted by Gasteiger charge is -2.32. The molecule has 0 aromatic carbocycles. The normalized spacial score (nSPS) is 26.9. The molecule has 0 aliphatic heterocycles. The van der Waals surface area contributed by atoms with Crippen LogP contribution in [0.15, 0.2) is 0 Å². The van der Waals surface area contributed by atoms with E-state index in [-0.39, 0.29) is 0 Å². The monoisotopic (exact) mass is 282 g/mol. The van der Waals surface area contributed by atoms with Crippen molar-refractivity contribution in [3.63, 3.8) is 0 Å². The molecule has 1 aliphatic carbocycles. The van der Waals surface area contributed by atoms with Crippen LogP contribution >= 0.6 is 0 Å². The first kappa shape index (κ1) is 17.7. The first-order chi connectivity index (χ1) is 9.23. The Bertz CT molecular complexity index is 303. The zero-order valence-electron chi connectivity index (χ0n) is 14.0. The van der Waals surface area contributed by atoms with Crippen molar-refractivity contribution in [1.82, 2.24) is 0 Å². The Hall–Kier alpha value is -0.370. The Morgan fingerprint density at radius 2 is 2.00 bits per heavy atom.